The lowest BCUT2D eigenvalue weighted by Crippen LogP contribution is -2.29. The number of phosphoric ester groups is 1. The molecule has 0 amide bonds. The Labute approximate surface area is 542 Å². The molecule has 0 saturated heterocycles. The van der Waals surface area contributed by atoms with E-state index in [0.29, 0.717) is 6.42 Å². The third-order valence-electron chi connectivity index (χ3n) is 18.2. The normalized spacial score (nSPS) is 12.8. The molecule has 0 aliphatic rings. The van der Waals surface area contributed by atoms with Gasteiger partial charge in [-0.25, -0.2) is 4.57 Å². The van der Waals surface area contributed by atoms with Gasteiger partial charge in [-0.2, -0.15) is 0 Å². The number of esters is 2. The van der Waals surface area contributed by atoms with Crippen molar-refractivity contribution in [3.8, 4) is 0 Å². The van der Waals surface area contributed by atoms with Crippen molar-refractivity contribution in [2.45, 2.75) is 444 Å². The number of ether oxygens (including phenoxy) is 2. The fraction of sp³-hybridized carbons (Fsp3) is 0.948. The second kappa shape index (κ2) is 73.8. The summed E-state index contributed by atoms with van der Waals surface area (Å²) in [5.74, 6) is -0.797. The highest BCUT2D eigenvalue weighted by Crippen LogP contribution is 2.43. The van der Waals surface area contributed by atoms with Gasteiger partial charge in [-0.3, -0.25) is 18.6 Å². The molecular weight excluding hydrogens is 1100 g/mol. The van der Waals surface area contributed by atoms with Crippen molar-refractivity contribution < 1.29 is 37.6 Å². The maximum absolute atomic E-state index is 12.8. The number of unbranched alkanes of at least 4 members (excludes halogenated alkanes) is 61. The molecular formula is C77H152NO8P. The van der Waals surface area contributed by atoms with Crippen LogP contribution in [0.15, 0.2) is 12.2 Å². The lowest BCUT2D eigenvalue weighted by molar-refractivity contribution is -0.161. The van der Waals surface area contributed by atoms with Crippen LogP contribution in [0.25, 0.3) is 0 Å². The first-order chi connectivity index (χ1) is 42.8. The van der Waals surface area contributed by atoms with Gasteiger partial charge in [0.05, 0.1) is 13.2 Å². The molecule has 0 radical (unpaired) electrons. The molecule has 0 spiro atoms. The third-order valence-corrected chi connectivity index (χ3v) is 19.1. The molecule has 518 valence electrons. The number of hydrogen-bond donors (Lipinski definition) is 2. The van der Waals surface area contributed by atoms with Crippen LogP contribution in [0.5, 0.6) is 0 Å². The number of carbonyl (C=O) groups is 2. The highest BCUT2D eigenvalue weighted by molar-refractivity contribution is 7.47. The number of rotatable bonds is 76. The summed E-state index contributed by atoms with van der Waals surface area (Å²) in [6.45, 7) is 3.84. The first-order valence-electron chi connectivity index (χ1n) is 39.2. The molecule has 87 heavy (non-hydrogen) atoms. The summed E-state index contributed by atoms with van der Waals surface area (Å²) in [6, 6.07) is 0. The first kappa shape index (κ1) is 85.8. The topological polar surface area (TPSA) is 134 Å². The largest absolute Gasteiger partial charge is 0.472 e. The predicted octanol–water partition coefficient (Wildman–Crippen LogP) is 25.9. The fourth-order valence-electron chi connectivity index (χ4n) is 12.3. The molecule has 0 aliphatic carbocycles. The van der Waals surface area contributed by atoms with Crippen LogP contribution in [0.4, 0.5) is 0 Å². The smallest absolute Gasteiger partial charge is 0.462 e. The minimum absolute atomic E-state index is 0.0583. The molecule has 0 aliphatic heterocycles. The van der Waals surface area contributed by atoms with Gasteiger partial charge < -0.3 is 20.1 Å². The number of phosphoric acid groups is 1. The standard InChI is InChI=1S/C77H152NO8P/c1-3-5-7-9-11-13-15-17-19-21-23-25-27-29-30-31-32-33-34-35-36-37-38-39-40-41-42-43-44-46-48-50-52-54-56-58-60-62-64-66-68-70-77(80)86-75(74-85-87(81,82)84-72-71-78)73-83-76(79)69-67-65-63-61-59-57-55-53-51-49-47-45-28-26-24-22-20-18-16-14-12-10-8-6-4-2/h21,23,75H,3-20,22,24-74,78H2,1-2H3,(H,81,82)/b23-21-. The summed E-state index contributed by atoms with van der Waals surface area (Å²) in [5.41, 5.74) is 5.41. The molecule has 3 N–H and O–H groups in total. The molecule has 2 atom stereocenters. The monoisotopic (exact) mass is 1250 g/mol. The van der Waals surface area contributed by atoms with E-state index in [9.17, 15) is 19.0 Å². The summed E-state index contributed by atoms with van der Waals surface area (Å²) in [6.07, 6.45) is 90.8. The van der Waals surface area contributed by atoms with Crippen molar-refractivity contribution in [2.75, 3.05) is 26.4 Å². The zero-order valence-corrected chi connectivity index (χ0v) is 59.5. The van der Waals surface area contributed by atoms with Crippen LogP contribution in [0.3, 0.4) is 0 Å². The third kappa shape index (κ3) is 73.7. The van der Waals surface area contributed by atoms with Crippen LogP contribution in [0, 0.1) is 0 Å². The molecule has 0 aromatic carbocycles. The molecule has 0 saturated carbocycles. The second-order valence-electron chi connectivity index (χ2n) is 26.9. The SMILES string of the molecule is CCCCCCCCCC/C=C\CCCCCCCCCCCCCCCCCCCCCCCCCCCCCCCC(=O)OC(COC(=O)CCCCCCCCCCCCCCCCCCCCCCCCCCC)COP(=O)(O)OCCN. The van der Waals surface area contributed by atoms with Gasteiger partial charge in [0.15, 0.2) is 6.10 Å². The van der Waals surface area contributed by atoms with Crippen molar-refractivity contribution >= 4 is 19.8 Å². The molecule has 2 unspecified atom stereocenters. The van der Waals surface area contributed by atoms with E-state index >= 15 is 0 Å². The maximum Gasteiger partial charge on any atom is 0.472 e. The zero-order valence-electron chi connectivity index (χ0n) is 58.6. The lowest BCUT2D eigenvalue weighted by atomic mass is 10.0. The molecule has 10 heteroatoms. The summed E-state index contributed by atoms with van der Waals surface area (Å²) in [5, 5.41) is 0. The van der Waals surface area contributed by atoms with Crippen LogP contribution in [0.2, 0.25) is 0 Å². The number of nitrogens with two attached hydrogens (primary N) is 1. The highest BCUT2D eigenvalue weighted by atomic mass is 31.2. The summed E-state index contributed by atoms with van der Waals surface area (Å²) >= 11 is 0. The van der Waals surface area contributed by atoms with E-state index < -0.39 is 26.5 Å². The Morgan fingerprint density at radius 2 is 0.563 bits per heavy atom. The van der Waals surface area contributed by atoms with Gasteiger partial charge >= 0.3 is 19.8 Å². The van der Waals surface area contributed by atoms with Crippen LogP contribution in [0.1, 0.15) is 438 Å². The Bertz CT molecular complexity index is 1430. The van der Waals surface area contributed by atoms with E-state index in [0.717, 1.165) is 32.1 Å². The van der Waals surface area contributed by atoms with Crippen molar-refractivity contribution in [1.82, 2.24) is 0 Å². The van der Waals surface area contributed by atoms with E-state index in [-0.39, 0.29) is 38.6 Å². The summed E-state index contributed by atoms with van der Waals surface area (Å²) in [4.78, 5) is 35.4. The Morgan fingerprint density at radius 1 is 0.333 bits per heavy atom. The number of allylic oxidation sites excluding steroid dienone is 2. The summed E-state index contributed by atoms with van der Waals surface area (Å²) in [7, 11) is -4.39. The Morgan fingerprint density at radius 3 is 0.816 bits per heavy atom. The van der Waals surface area contributed by atoms with Gasteiger partial charge in [-0.05, 0) is 38.5 Å². The minimum Gasteiger partial charge on any atom is -0.462 e. The molecule has 0 rings (SSSR count). The Kier molecular flexibility index (Phi) is 72.7. The van der Waals surface area contributed by atoms with Gasteiger partial charge in [-0.1, -0.05) is 398 Å². The average molecular weight is 1250 g/mol. The van der Waals surface area contributed by atoms with E-state index in [2.05, 4.69) is 26.0 Å². The van der Waals surface area contributed by atoms with Gasteiger partial charge in [0.2, 0.25) is 0 Å². The predicted molar refractivity (Wildman–Crippen MR) is 377 cm³/mol. The molecule has 0 aromatic rings. The zero-order chi connectivity index (χ0) is 63.0. The molecule has 9 nitrogen and oxygen atoms in total. The van der Waals surface area contributed by atoms with Crippen LogP contribution < -0.4 is 5.73 Å². The van der Waals surface area contributed by atoms with Gasteiger partial charge in [-0.15, -0.1) is 0 Å². The van der Waals surface area contributed by atoms with Crippen molar-refractivity contribution in [1.29, 1.82) is 0 Å². The maximum atomic E-state index is 12.8. The van der Waals surface area contributed by atoms with Gasteiger partial charge in [0, 0.05) is 19.4 Å². The van der Waals surface area contributed by atoms with Crippen LogP contribution in [-0.4, -0.2) is 49.3 Å². The van der Waals surface area contributed by atoms with Gasteiger partial charge in [0.1, 0.15) is 6.61 Å². The minimum atomic E-state index is -4.39. The number of carbonyl (C=O) groups excluding carboxylic acids is 2. The van der Waals surface area contributed by atoms with Gasteiger partial charge in [0.25, 0.3) is 0 Å². The molecule has 0 fully saturated rings. The van der Waals surface area contributed by atoms with E-state index in [1.165, 1.54) is 372 Å². The quantitative estimate of drug-likeness (QED) is 0.0264. The van der Waals surface area contributed by atoms with Crippen molar-refractivity contribution in [3.63, 3.8) is 0 Å². The van der Waals surface area contributed by atoms with Crippen LogP contribution >= 0.6 is 7.82 Å². The number of hydrogen-bond acceptors (Lipinski definition) is 8. The van der Waals surface area contributed by atoms with Crippen LogP contribution in [-0.2, 0) is 32.7 Å². The van der Waals surface area contributed by atoms with E-state index in [4.69, 9.17) is 24.3 Å². The first-order valence-corrected chi connectivity index (χ1v) is 40.7. The summed E-state index contributed by atoms with van der Waals surface area (Å²) < 4.78 is 33.2. The Hall–Kier alpha value is -1.25. The van der Waals surface area contributed by atoms with Crippen molar-refractivity contribution in [2.24, 2.45) is 5.73 Å². The second-order valence-corrected chi connectivity index (χ2v) is 28.4. The lowest BCUT2D eigenvalue weighted by Gasteiger charge is -2.19. The molecule has 0 heterocycles. The fourth-order valence-corrected chi connectivity index (χ4v) is 13.1. The molecule has 0 bridgehead atoms. The van der Waals surface area contributed by atoms with E-state index in [1.54, 1.807) is 0 Å². The highest BCUT2D eigenvalue weighted by Gasteiger charge is 2.26. The average Bonchev–Trinajstić information content (AvgIpc) is 3.65. The Balaban J connectivity index is 3.71. The van der Waals surface area contributed by atoms with Crippen molar-refractivity contribution in [3.05, 3.63) is 12.2 Å². The van der Waals surface area contributed by atoms with E-state index in [1.807, 2.05) is 0 Å². The molecule has 0 aromatic heterocycles.